The highest BCUT2D eigenvalue weighted by Crippen LogP contribution is 2.28. The van der Waals surface area contributed by atoms with Gasteiger partial charge < -0.3 is 15.8 Å². The van der Waals surface area contributed by atoms with Gasteiger partial charge >= 0.3 is 0 Å². The number of benzene rings is 2. The Morgan fingerprint density at radius 1 is 1.07 bits per heavy atom. The molecule has 0 bridgehead atoms. The van der Waals surface area contributed by atoms with Crippen molar-refractivity contribution in [1.82, 2.24) is 19.5 Å². The first-order valence-electron chi connectivity index (χ1n) is 9.19. The van der Waals surface area contributed by atoms with E-state index in [2.05, 4.69) is 15.3 Å². The summed E-state index contributed by atoms with van der Waals surface area (Å²) in [7, 11) is 1.76. The number of carbonyl (C=O) groups excluding carboxylic acids is 1. The largest absolute Gasteiger partial charge is 0.494 e. The Morgan fingerprint density at radius 3 is 2.41 bits per heavy atom. The second-order valence-corrected chi connectivity index (χ2v) is 6.25. The lowest BCUT2D eigenvalue weighted by Crippen LogP contribution is -2.15. The number of primary amides is 1. The molecule has 2 aromatic carbocycles. The van der Waals surface area contributed by atoms with E-state index in [-0.39, 0.29) is 5.69 Å². The minimum atomic E-state index is -0.662. The number of amides is 1. The fourth-order valence-electron chi connectivity index (χ4n) is 3.12. The van der Waals surface area contributed by atoms with Gasteiger partial charge in [0, 0.05) is 12.6 Å². The maximum absolute atomic E-state index is 12.1. The average molecular weight is 388 g/mol. The number of nitrogens with zero attached hydrogens (tertiary/aromatic N) is 4. The monoisotopic (exact) mass is 388 g/mol. The van der Waals surface area contributed by atoms with E-state index in [1.54, 1.807) is 7.05 Å². The molecule has 1 amide bonds. The number of fused-ring (bicyclic) bond motifs is 1. The lowest BCUT2D eigenvalue weighted by atomic mass is 10.2. The van der Waals surface area contributed by atoms with Crippen LogP contribution in [-0.4, -0.2) is 39.1 Å². The topological polar surface area (TPSA) is 108 Å². The van der Waals surface area contributed by atoms with Crippen molar-refractivity contribution >= 4 is 23.0 Å². The summed E-state index contributed by atoms with van der Waals surface area (Å²) in [6, 6.07) is 17.0. The van der Waals surface area contributed by atoms with Crippen LogP contribution in [0.4, 0.5) is 5.95 Å². The van der Waals surface area contributed by atoms with Gasteiger partial charge in [-0.05, 0) is 43.3 Å². The Kier molecular flexibility index (Phi) is 4.82. The first-order valence-corrected chi connectivity index (χ1v) is 9.19. The molecule has 0 saturated carbocycles. The van der Waals surface area contributed by atoms with E-state index >= 15 is 0 Å². The van der Waals surface area contributed by atoms with E-state index in [4.69, 9.17) is 15.5 Å². The normalized spacial score (nSPS) is 10.8. The highest BCUT2D eigenvalue weighted by Gasteiger charge is 2.21. The molecule has 0 fully saturated rings. The first kappa shape index (κ1) is 18.4. The van der Waals surface area contributed by atoms with E-state index in [9.17, 15) is 4.79 Å². The van der Waals surface area contributed by atoms with Crippen LogP contribution in [0.25, 0.3) is 28.2 Å². The zero-order valence-corrected chi connectivity index (χ0v) is 16.1. The molecular weight excluding hydrogens is 368 g/mol. The number of hydrogen-bond acceptors (Lipinski definition) is 6. The van der Waals surface area contributed by atoms with Gasteiger partial charge in [-0.15, -0.1) is 0 Å². The third kappa shape index (κ3) is 3.36. The molecule has 8 heteroatoms. The van der Waals surface area contributed by atoms with Gasteiger partial charge in [-0.2, -0.15) is 0 Å². The van der Waals surface area contributed by atoms with Crippen LogP contribution in [0.15, 0.2) is 54.6 Å². The van der Waals surface area contributed by atoms with Crippen molar-refractivity contribution < 1.29 is 9.53 Å². The number of para-hydroxylation sites is 1. The fourth-order valence-corrected chi connectivity index (χ4v) is 3.12. The molecule has 3 N–H and O–H groups in total. The molecule has 0 saturated heterocycles. The number of aromatic nitrogens is 4. The zero-order valence-electron chi connectivity index (χ0n) is 16.1. The highest BCUT2D eigenvalue weighted by molar-refractivity contribution is 6.02. The third-order valence-corrected chi connectivity index (χ3v) is 4.40. The number of hydrogen-bond donors (Lipinski definition) is 2. The summed E-state index contributed by atoms with van der Waals surface area (Å²) < 4.78 is 7.32. The predicted octanol–water partition coefficient (Wildman–Crippen LogP) is 3.02. The smallest absolute Gasteiger partial charge is 0.269 e. The van der Waals surface area contributed by atoms with Gasteiger partial charge in [-0.3, -0.25) is 9.36 Å². The zero-order chi connectivity index (χ0) is 20.4. The van der Waals surface area contributed by atoms with Gasteiger partial charge in [0.25, 0.3) is 5.91 Å². The van der Waals surface area contributed by atoms with E-state index in [0.29, 0.717) is 29.5 Å². The predicted molar refractivity (Wildman–Crippen MR) is 111 cm³/mol. The summed E-state index contributed by atoms with van der Waals surface area (Å²) in [4.78, 5) is 25.7. The second kappa shape index (κ2) is 7.59. The fraction of sp³-hybridized carbons (Fsp3) is 0.143. The van der Waals surface area contributed by atoms with Crippen LogP contribution in [0.2, 0.25) is 0 Å². The minimum Gasteiger partial charge on any atom is -0.494 e. The maximum Gasteiger partial charge on any atom is 0.269 e. The second-order valence-electron chi connectivity index (χ2n) is 6.25. The van der Waals surface area contributed by atoms with Gasteiger partial charge in [-0.25, -0.2) is 15.0 Å². The third-order valence-electron chi connectivity index (χ3n) is 4.40. The summed E-state index contributed by atoms with van der Waals surface area (Å²) in [5.41, 5.74) is 8.12. The van der Waals surface area contributed by atoms with Crippen LogP contribution in [-0.2, 0) is 0 Å². The molecule has 0 spiro atoms. The van der Waals surface area contributed by atoms with Crippen LogP contribution >= 0.6 is 0 Å². The lowest BCUT2D eigenvalue weighted by Gasteiger charge is -2.09. The van der Waals surface area contributed by atoms with E-state index in [0.717, 1.165) is 17.0 Å². The number of nitrogens with two attached hydrogens (primary N) is 1. The molecule has 0 aliphatic heterocycles. The SMILES string of the molecule is CCOc1ccc(-c2nc(C(N)=O)c3nc(NC)n(-c4ccccc4)c3n2)cc1. The van der Waals surface area contributed by atoms with Crippen LogP contribution in [0.5, 0.6) is 5.75 Å². The number of rotatable bonds is 6. The van der Waals surface area contributed by atoms with Crippen LogP contribution < -0.4 is 15.8 Å². The van der Waals surface area contributed by atoms with Gasteiger partial charge in [-0.1, -0.05) is 18.2 Å². The van der Waals surface area contributed by atoms with Gasteiger partial charge in [0.05, 0.1) is 12.3 Å². The summed E-state index contributed by atoms with van der Waals surface area (Å²) in [6.07, 6.45) is 0. The number of carbonyl (C=O) groups is 1. The molecule has 0 aliphatic rings. The van der Waals surface area contributed by atoms with Gasteiger partial charge in [0.2, 0.25) is 5.95 Å². The first-order chi connectivity index (χ1) is 14.1. The highest BCUT2D eigenvalue weighted by atomic mass is 16.5. The lowest BCUT2D eigenvalue weighted by molar-refractivity contribution is 0.0997. The maximum atomic E-state index is 12.1. The van der Waals surface area contributed by atoms with Crippen molar-refractivity contribution in [3.8, 4) is 22.8 Å². The Bertz CT molecular complexity index is 1170. The molecule has 146 valence electrons. The van der Waals surface area contributed by atoms with Gasteiger partial charge in [0.1, 0.15) is 11.3 Å². The minimum absolute atomic E-state index is 0.0741. The average Bonchev–Trinajstić information content (AvgIpc) is 3.13. The van der Waals surface area contributed by atoms with Crippen LogP contribution in [0.1, 0.15) is 17.4 Å². The quantitative estimate of drug-likeness (QED) is 0.526. The van der Waals surface area contributed by atoms with Crippen molar-refractivity contribution in [2.75, 3.05) is 19.0 Å². The molecule has 0 atom stereocenters. The van der Waals surface area contributed by atoms with Crippen molar-refractivity contribution in [1.29, 1.82) is 0 Å². The summed E-state index contributed by atoms with van der Waals surface area (Å²) in [6.45, 7) is 2.50. The standard InChI is InChI=1S/C21H20N6O2/c1-3-29-15-11-9-13(10-12-15)19-24-16(18(22)28)17-20(26-19)27(21(23-2)25-17)14-7-5-4-6-8-14/h4-12H,3H2,1-2H3,(H2,22,28)(H,23,25). The van der Waals surface area contributed by atoms with Crippen molar-refractivity contribution in [2.24, 2.45) is 5.73 Å². The van der Waals surface area contributed by atoms with Crippen LogP contribution in [0, 0.1) is 0 Å². The Balaban J connectivity index is 1.96. The molecule has 0 aliphatic carbocycles. The number of imidazole rings is 1. The Labute approximate surface area is 167 Å². The summed E-state index contributed by atoms with van der Waals surface area (Å²) >= 11 is 0. The van der Waals surface area contributed by atoms with Crippen molar-refractivity contribution in [2.45, 2.75) is 6.92 Å². The number of anilines is 1. The molecule has 4 aromatic rings. The molecular formula is C21H20N6O2. The Hall–Kier alpha value is -3.94. The molecule has 0 unspecified atom stereocenters. The van der Waals surface area contributed by atoms with E-state index in [1.165, 1.54) is 0 Å². The molecule has 2 heterocycles. The molecule has 8 nitrogen and oxygen atoms in total. The van der Waals surface area contributed by atoms with E-state index < -0.39 is 5.91 Å². The number of ether oxygens (including phenoxy) is 1. The Morgan fingerprint density at radius 2 is 1.79 bits per heavy atom. The summed E-state index contributed by atoms with van der Waals surface area (Å²) in [5, 5.41) is 3.05. The summed E-state index contributed by atoms with van der Waals surface area (Å²) in [5.74, 6) is 1.00. The molecule has 4 rings (SSSR count). The van der Waals surface area contributed by atoms with E-state index in [1.807, 2.05) is 66.1 Å². The van der Waals surface area contributed by atoms with Crippen LogP contribution in [0.3, 0.4) is 0 Å². The van der Waals surface area contributed by atoms with Crippen molar-refractivity contribution in [3.63, 3.8) is 0 Å². The molecule has 0 radical (unpaired) electrons. The molecule has 29 heavy (non-hydrogen) atoms. The van der Waals surface area contributed by atoms with Gasteiger partial charge in [0.15, 0.2) is 17.2 Å². The molecule has 2 aromatic heterocycles. The number of nitrogens with one attached hydrogen (secondary N) is 1. The van der Waals surface area contributed by atoms with Crippen molar-refractivity contribution in [3.05, 3.63) is 60.3 Å².